The number of aromatic nitrogens is 2. The van der Waals surface area contributed by atoms with Crippen molar-refractivity contribution in [2.45, 2.75) is 6.42 Å². The summed E-state index contributed by atoms with van der Waals surface area (Å²) in [6.07, 6.45) is 0.951. The minimum atomic E-state index is -0.0913. The minimum Gasteiger partial charge on any atom is -0.354 e. The fourth-order valence-electron chi connectivity index (χ4n) is 4.45. The molecule has 3 N–H and O–H groups in total. The molecule has 164 valence electrons. The maximum atomic E-state index is 12.6. The molecule has 4 aromatic rings. The number of para-hydroxylation sites is 1. The lowest BCUT2D eigenvalue weighted by Crippen LogP contribution is -2.51. The van der Waals surface area contributed by atoms with Crippen molar-refractivity contribution < 1.29 is 4.79 Å². The quantitative estimate of drug-likeness (QED) is 0.466. The lowest BCUT2D eigenvalue weighted by atomic mass is 10.1. The lowest BCUT2D eigenvalue weighted by molar-refractivity contribution is 0.141. The van der Waals surface area contributed by atoms with Gasteiger partial charge >= 0.3 is 6.03 Å². The summed E-state index contributed by atoms with van der Waals surface area (Å²) in [4.78, 5) is 35.0. The molecule has 5 rings (SSSR count). The lowest BCUT2D eigenvalue weighted by Gasteiger charge is -2.34. The van der Waals surface area contributed by atoms with E-state index in [9.17, 15) is 9.59 Å². The van der Waals surface area contributed by atoms with E-state index in [1.807, 2.05) is 35.2 Å². The van der Waals surface area contributed by atoms with Crippen LogP contribution in [0.2, 0.25) is 0 Å². The van der Waals surface area contributed by atoms with E-state index < -0.39 is 0 Å². The Morgan fingerprint density at radius 2 is 1.72 bits per heavy atom. The first-order valence-electron chi connectivity index (χ1n) is 11.0. The van der Waals surface area contributed by atoms with E-state index in [4.69, 9.17) is 0 Å². The van der Waals surface area contributed by atoms with E-state index >= 15 is 0 Å². The third-order valence-corrected chi connectivity index (χ3v) is 6.32. The van der Waals surface area contributed by atoms with Crippen LogP contribution in [0.1, 0.15) is 5.56 Å². The maximum absolute atomic E-state index is 12.6. The van der Waals surface area contributed by atoms with Gasteiger partial charge in [-0.15, -0.1) is 0 Å². The molecule has 0 radical (unpaired) electrons. The van der Waals surface area contributed by atoms with Crippen molar-refractivity contribution in [2.24, 2.45) is 0 Å². The van der Waals surface area contributed by atoms with E-state index in [0.29, 0.717) is 5.56 Å². The number of urea groups is 1. The summed E-state index contributed by atoms with van der Waals surface area (Å²) in [6, 6.07) is 18.2. The second-order valence-electron chi connectivity index (χ2n) is 8.34. The van der Waals surface area contributed by atoms with Gasteiger partial charge in [0, 0.05) is 56.2 Å². The van der Waals surface area contributed by atoms with Crippen LogP contribution in [-0.2, 0) is 6.42 Å². The number of aromatic amines is 2. The molecule has 0 saturated carbocycles. The first-order chi connectivity index (χ1) is 15.6. The van der Waals surface area contributed by atoms with Gasteiger partial charge < -0.3 is 20.2 Å². The zero-order chi connectivity index (χ0) is 22.1. The van der Waals surface area contributed by atoms with Crippen LogP contribution in [0.5, 0.6) is 0 Å². The van der Waals surface area contributed by atoms with Gasteiger partial charge in [-0.3, -0.25) is 9.69 Å². The Bertz CT molecular complexity index is 1330. The molecule has 0 unspecified atom stereocenters. The van der Waals surface area contributed by atoms with E-state index in [-0.39, 0.29) is 11.6 Å². The SMILES string of the molecule is CNC(=O)N1CCN(CCc2ccc3[nH]c(-c4cc5ccccc5[nH]c4=O)cc3c2)CC1. The number of pyridine rings is 1. The summed E-state index contributed by atoms with van der Waals surface area (Å²) in [5.74, 6) is 0. The zero-order valence-corrected chi connectivity index (χ0v) is 18.1. The van der Waals surface area contributed by atoms with Crippen molar-refractivity contribution in [2.75, 3.05) is 39.8 Å². The molecule has 3 heterocycles. The molecule has 1 aliphatic rings. The van der Waals surface area contributed by atoms with E-state index in [1.54, 1.807) is 7.05 Å². The fraction of sp³-hybridized carbons (Fsp3) is 0.280. The Morgan fingerprint density at radius 3 is 2.53 bits per heavy atom. The molecule has 2 amide bonds. The molecular weight excluding hydrogens is 402 g/mol. The Balaban J connectivity index is 1.30. The van der Waals surface area contributed by atoms with Gasteiger partial charge in [0.1, 0.15) is 0 Å². The van der Waals surface area contributed by atoms with Gasteiger partial charge in [0.15, 0.2) is 0 Å². The van der Waals surface area contributed by atoms with Crippen LogP contribution in [0.3, 0.4) is 0 Å². The predicted octanol–water partition coefficient (Wildman–Crippen LogP) is 3.18. The molecule has 7 nitrogen and oxygen atoms in total. The van der Waals surface area contributed by atoms with Crippen molar-refractivity contribution >= 4 is 27.8 Å². The molecule has 0 atom stereocenters. The number of carbonyl (C=O) groups is 1. The third-order valence-electron chi connectivity index (χ3n) is 6.32. The van der Waals surface area contributed by atoms with E-state index in [0.717, 1.165) is 66.6 Å². The first kappa shape index (κ1) is 20.3. The molecule has 7 heteroatoms. The highest BCUT2D eigenvalue weighted by Gasteiger charge is 2.19. The third kappa shape index (κ3) is 3.99. The number of hydrogen-bond donors (Lipinski definition) is 3. The average molecular weight is 430 g/mol. The summed E-state index contributed by atoms with van der Waals surface area (Å²) in [6.45, 7) is 4.29. The number of nitrogens with zero attached hydrogens (tertiary/aromatic N) is 2. The van der Waals surface area contributed by atoms with Crippen molar-refractivity contribution in [3.63, 3.8) is 0 Å². The number of carbonyl (C=O) groups excluding carboxylic acids is 1. The van der Waals surface area contributed by atoms with Crippen molar-refractivity contribution in [1.82, 2.24) is 25.1 Å². The number of amides is 2. The number of nitrogens with one attached hydrogen (secondary N) is 3. The zero-order valence-electron chi connectivity index (χ0n) is 18.1. The largest absolute Gasteiger partial charge is 0.354 e. The fourth-order valence-corrected chi connectivity index (χ4v) is 4.45. The topological polar surface area (TPSA) is 84.2 Å². The Kier molecular flexibility index (Phi) is 5.41. The highest BCUT2D eigenvalue weighted by Crippen LogP contribution is 2.25. The summed E-state index contributed by atoms with van der Waals surface area (Å²) < 4.78 is 0. The Morgan fingerprint density at radius 1 is 0.938 bits per heavy atom. The van der Waals surface area contributed by atoms with Crippen molar-refractivity contribution in [3.8, 4) is 11.3 Å². The second-order valence-corrected chi connectivity index (χ2v) is 8.34. The van der Waals surface area contributed by atoms with E-state index in [2.05, 4.69) is 44.5 Å². The minimum absolute atomic E-state index is 0.00335. The molecule has 2 aromatic carbocycles. The molecule has 1 saturated heterocycles. The van der Waals surface area contributed by atoms with Gasteiger partial charge in [-0.25, -0.2) is 4.79 Å². The predicted molar refractivity (Wildman–Crippen MR) is 128 cm³/mol. The van der Waals surface area contributed by atoms with Crippen LogP contribution in [0.15, 0.2) is 59.4 Å². The standard InChI is InChI=1S/C25H27N5O2/c1-26-25(32)30-12-10-29(11-13-30)9-8-17-6-7-22-19(14-17)16-23(27-22)20-15-18-4-2-3-5-21(18)28-24(20)31/h2-7,14-16,27H,8-13H2,1H3,(H,26,32)(H,28,31). The van der Waals surface area contributed by atoms with Gasteiger partial charge in [-0.2, -0.15) is 0 Å². The summed E-state index contributed by atoms with van der Waals surface area (Å²) in [5, 5.41) is 4.81. The van der Waals surface area contributed by atoms with Gasteiger partial charge in [-0.05, 0) is 47.7 Å². The smallest absolute Gasteiger partial charge is 0.317 e. The maximum Gasteiger partial charge on any atom is 0.317 e. The van der Waals surface area contributed by atoms with Crippen LogP contribution in [0, 0.1) is 0 Å². The van der Waals surface area contributed by atoms with Crippen LogP contribution >= 0.6 is 0 Å². The number of benzene rings is 2. The highest BCUT2D eigenvalue weighted by atomic mass is 16.2. The number of H-pyrrole nitrogens is 2. The van der Waals surface area contributed by atoms with Gasteiger partial charge in [0.05, 0.1) is 11.3 Å². The monoisotopic (exact) mass is 429 g/mol. The normalized spacial score (nSPS) is 14.8. The van der Waals surface area contributed by atoms with E-state index in [1.165, 1.54) is 5.56 Å². The first-order valence-corrected chi connectivity index (χ1v) is 11.0. The molecule has 2 aromatic heterocycles. The van der Waals surface area contributed by atoms with Crippen LogP contribution in [-0.4, -0.2) is 65.6 Å². The van der Waals surface area contributed by atoms with Crippen LogP contribution in [0.4, 0.5) is 4.79 Å². The molecular formula is C25H27N5O2. The Labute approximate surface area is 186 Å². The van der Waals surface area contributed by atoms with Gasteiger partial charge in [0.2, 0.25) is 0 Å². The second kappa shape index (κ2) is 8.51. The number of piperazine rings is 1. The molecule has 32 heavy (non-hydrogen) atoms. The molecule has 0 aliphatic carbocycles. The summed E-state index contributed by atoms with van der Waals surface area (Å²) in [5.41, 5.74) is 4.52. The average Bonchev–Trinajstić information content (AvgIpc) is 3.25. The van der Waals surface area contributed by atoms with Gasteiger partial charge in [-0.1, -0.05) is 24.3 Å². The van der Waals surface area contributed by atoms with Crippen molar-refractivity contribution in [3.05, 3.63) is 70.5 Å². The van der Waals surface area contributed by atoms with Gasteiger partial charge in [0.25, 0.3) is 5.56 Å². The molecule has 1 aliphatic heterocycles. The number of hydrogen-bond acceptors (Lipinski definition) is 3. The van der Waals surface area contributed by atoms with Crippen LogP contribution < -0.4 is 10.9 Å². The summed E-state index contributed by atoms with van der Waals surface area (Å²) >= 11 is 0. The van der Waals surface area contributed by atoms with Crippen molar-refractivity contribution in [1.29, 1.82) is 0 Å². The number of fused-ring (bicyclic) bond motifs is 2. The van der Waals surface area contributed by atoms with Crippen LogP contribution in [0.25, 0.3) is 33.1 Å². The molecule has 1 fully saturated rings. The molecule has 0 bridgehead atoms. The number of rotatable bonds is 4. The highest BCUT2D eigenvalue weighted by molar-refractivity contribution is 5.89. The molecule has 0 spiro atoms. The Hall–Kier alpha value is -3.58. The summed E-state index contributed by atoms with van der Waals surface area (Å²) in [7, 11) is 1.67.